The summed E-state index contributed by atoms with van der Waals surface area (Å²) in [6.07, 6.45) is 12.9. The van der Waals surface area contributed by atoms with Crippen LogP contribution in [0.4, 0.5) is 0 Å². The third-order valence-electron chi connectivity index (χ3n) is 5.05. The lowest BCUT2D eigenvalue weighted by Gasteiger charge is -2.15. The van der Waals surface area contributed by atoms with Gasteiger partial charge in [0.25, 0.3) is 0 Å². The summed E-state index contributed by atoms with van der Waals surface area (Å²) in [4.78, 5) is 0. The Hall–Kier alpha value is -3.12. The van der Waals surface area contributed by atoms with E-state index in [1.807, 2.05) is 12.2 Å². The summed E-state index contributed by atoms with van der Waals surface area (Å²) in [7, 11) is 0. The highest BCUT2D eigenvalue weighted by Crippen LogP contribution is 2.36. The minimum absolute atomic E-state index is 1.12. The predicted molar refractivity (Wildman–Crippen MR) is 116 cm³/mol. The van der Waals surface area contributed by atoms with Crippen LogP contribution in [0.15, 0.2) is 86.0 Å². The molecule has 0 radical (unpaired) electrons. The highest BCUT2D eigenvalue weighted by Gasteiger charge is 2.12. The van der Waals surface area contributed by atoms with Gasteiger partial charge in [-0.05, 0) is 63.1 Å². The first kappa shape index (κ1) is 16.4. The van der Waals surface area contributed by atoms with Crippen molar-refractivity contribution in [1.29, 1.82) is 0 Å². The molecule has 4 rings (SSSR count). The number of fused-ring (bicyclic) bond motifs is 1. The number of hydrogen-bond acceptors (Lipinski definition) is 0. The third kappa shape index (κ3) is 2.84. The van der Waals surface area contributed by atoms with Gasteiger partial charge in [0.05, 0.1) is 0 Å². The van der Waals surface area contributed by atoms with Crippen LogP contribution in [-0.2, 0) is 0 Å². The van der Waals surface area contributed by atoms with Crippen molar-refractivity contribution in [2.75, 3.05) is 0 Å². The predicted octanol–water partition coefficient (Wildman–Crippen LogP) is 7.53. The molecule has 0 amide bonds. The molecule has 1 aliphatic rings. The second kappa shape index (κ2) is 7.01. The first-order valence-electron chi connectivity index (χ1n) is 9.10. The van der Waals surface area contributed by atoms with Crippen molar-refractivity contribution in [3.8, 4) is 11.1 Å². The van der Waals surface area contributed by atoms with Gasteiger partial charge in [-0.2, -0.15) is 0 Å². The first-order chi connectivity index (χ1) is 12.8. The lowest BCUT2D eigenvalue weighted by atomic mass is 9.88. The van der Waals surface area contributed by atoms with Crippen LogP contribution in [0.5, 0.6) is 0 Å². The van der Waals surface area contributed by atoms with Crippen molar-refractivity contribution in [3.63, 3.8) is 0 Å². The molecule has 0 fully saturated rings. The van der Waals surface area contributed by atoms with Crippen LogP contribution in [0, 0.1) is 0 Å². The summed E-state index contributed by atoms with van der Waals surface area (Å²) in [5.41, 5.74) is 7.29. The molecular formula is C26H22. The van der Waals surface area contributed by atoms with Gasteiger partial charge < -0.3 is 0 Å². The molecular weight excluding hydrogens is 312 g/mol. The molecule has 0 bridgehead atoms. The van der Waals surface area contributed by atoms with Gasteiger partial charge in [-0.3, -0.25) is 0 Å². The lowest BCUT2D eigenvalue weighted by molar-refractivity contribution is 1.04. The average Bonchev–Trinajstić information content (AvgIpc) is 2.73. The van der Waals surface area contributed by atoms with E-state index in [0.717, 1.165) is 24.0 Å². The van der Waals surface area contributed by atoms with Gasteiger partial charge in [-0.15, -0.1) is 0 Å². The van der Waals surface area contributed by atoms with Gasteiger partial charge >= 0.3 is 0 Å². The second-order valence-electron chi connectivity index (χ2n) is 6.60. The Kier molecular flexibility index (Phi) is 4.41. The second-order valence-corrected chi connectivity index (χ2v) is 6.60. The van der Waals surface area contributed by atoms with E-state index in [4.69, 9.17) is 0 Å². The molecule has 0 atom stereocenters. The van der Waals surface area contributed by atoms with Crippen molar-refractivity contribution in [1.82, 2.24) is 0 Å². The minimum atomic E-state index is 1.12. The molecule has 0 unspecified atom stereocenters. The van der Waals surface area contributed by atoms with Crippen LogP contribution < -0.4 is 0 Å². The lowest BCUT2D eigenvalue weighted by Crippen LogP contribution is -1.92. The Morgan fingerprint density at radius 3 is 2.27 bits per heavy atom. The van der Waals surface area contributed by atoms with Crippen LogP contribution in [0.1, 0.15) is 29.5 Å². The minimum Gasteiger partial charge on any atom is -0.0984 e. The average molecular weight is 334 g/mol. The van der Waals surface area contributed by atoms with E-state index in [2.05, 4.69) is 86.0 Å². The van der Waals surface area contributed by atoms with Gasteiger partial charge in [0.1, 0.15) is 0 Å². The van der Waals surface area contributed by atoms with Gasteiger partial charge in [-0.25, -0.2) is 0 Å². The van der Waals surface area contributed by atoms with Crippen molar-refractivity contribution in [3.05, 3.63) is 103 Å². The van der Waals surface area contributed by atoms with Gasteiger partial charge in [0.15, 0.2) is 0 Å². The maximum absolute atomic E-state index is 4.06. The van der Waals surface area contributed by atoms with E-state index in [9.17, 15) is 0 Å². The monoisotopic (exact) mass is 334 g/mol. The van der Waals surface area contributed by atoms with Crippen molar-refractivity contribution < 1.29 is 0 Å². The van der Waals surface area contributed by atoms with Crippen molar-refractivity contribution in [2.45, 2.75) is 12.8 Å². The fourth-order valence-corrected chi connectivity index (χ4v) is 3.74. The molecule has 0 N–H and O–H groups in total. The molecule has 3 aromatic rings. The summed E-state index contributed by atoms with van der Waals surface area (Å²) in [6.45, 7) is 8.05. The molecule has 0 nitrogen and oxygen atoms in total. The topological polar surface area (TPSA) is 0 Å². The number of allylic oxidation sites excluding steroid dienone is 4. The Bertz CT molecular complexity index is 1040. The normalized spacial score (nSPS) is 13.5. The fraction of sp³-hybridized carbons (Fsp3) is 0.0769. The summed E-state index contributed by atoms with van der Waals surface area (Å²) < 4.78 is 0. The highest BCUT2D eigenvalue weighted by atomic mass is 14.2. The Morgan fingerprint density at radius 1 is 0.808 bits per heavy atom. The highest BCUT2D eigenvalue weighted by molar-refractivity contribution is 6.03. The molecule has 3 aromatic carbocycles. The standard InChI is InChI=1S/C26H22/c1-3-19-18-23-12-8-9-13-25(23)26(24(19)4-2)22-16-14-21(15-17-22)20-10-6-5-7-11-20/h3-4,6,8-18H,1-2,5,7H2. The smallest absolute Gasteiger partial charge is 0.00270 e. The van der Waals surface area contributed by atoms with E-state index < -0.39 is 0 Å². The SMILES string of the molecule is C=Cc1cc2ccccc2c(-c2ccc(C3=CCCC=C3)cc2)c1C=C. The van der Waals surface area contributed by atoms with Crippen LogP contribution >= 0.6 is 0 Å². The molecule has 0 spiro atoms. The fourth-order valence-electron chi connectivity index (χ4n) is 3.74. The van der Waals surface area contributed by atoms with Crippen molar-refractivity contribution in [2.24, 2.45) is 0 Å². The van der Waals surface area contributed by atoms with E-state index in [0.29, 0.717) is 0 Å². The third-order valence-corrected chi connectivity index (χ3v) is 5.05. The summed E-state index contributed by atoms with van der Waals surface area (Å²) >= 11 is 0. The molecule has 0 aromatic heterocycles. The van der Waals surface area contributed by atoms with Gasteiger partial charge in [0, 0.05) is 0 Å². The summed E-state index contributed by atoms with van der Waals surface area (Å²) in [6, 6.07) is 19.6. The van der Waals surface area contributed by atoms with E-state index in [-0.39, 0.29) is 0 Å². The van der Waals surface area contributed by atoms with Crippen molar-refractivity contribution >= 4 is 28.5 Å². The zero-order valence-corrected chi connectivity index (χ0v) is 14.9. The molecule has 0 aliphatic heterocycles. The van der Waals surface area contributed by atoms with Crippen LogP contribution in [-0.4, -0.2) is 0 Å². The molecule has 0 heteroatoms. The molecule has 26 heavy (non-hydrogen) atoms. The van der Waals surface area contributed by atoms with Gasteiger partial charge in [-0.1, -0.05) is 92.1 Å². The Labute approximate surface area is 155 Å². The molecule has 0 saturated carbocycles. The van der Waals surface area contributed by atoms with E-state index >= 15 is 0 Å². The number of benzene rings is 3. The van der Waals surface area contributed by atoms with E-state index in [1.54, 1.807) is 0 Å². The van der Waals surface area contributed by atoms with Crippen LogP contribution in [0.25, 0.3) is 39.6 Å². The van der Waals surface area contributed by atoms with Crippen LogP contribution in [0.2, 0.25) is 0 Å². The first-order valence-corrected chi connectivity index (χ1v) is 9.10. The zero-order chi connectivity index (χ0) is 17.9. The zero-order valence-electron chi connectivity index (χ0n) is 14.9. The maximum atomic E-state index is 4.06. The number of rotatable bonds is 4. The Balaban J connectivity index is 1.90. The molecule has 1 aliphatic carbocycles. The maximum Gasteiger partial charge on any atom is -0.00270 e. The quantitative estimate of drug-likeness (QED) is 0.462. The Morgan fingerprint density at radius 2 is 1.58 bits per heavy atom. The number of hydrogen-bond donors (Lipinski definition) is 0. The molecule has 126 valence electrons. The van der Waals surface area contributed by atoms with E-state index in [1.165, 1.54) is 33.0 Å². The van der Waals surface area contributed by atoms with Crippen LogP contribution in [0.3, 0.4) is 0 Å². The van der Waals surface area contributed by atoms with Gasteiger partial charge in [0.2, 0.25) is 0 Å². The summed E-state index contributed by atoms with van der Waals surface area (Å²) in [5, 5.41) is 2.47. The molecule has 0 heterocycles. The summed E-state index contributed by atoms with van der Waals surface area (Å²) in [5.74, 6) is 0. The molecule has 0 saturated heterocycles. The largest absolute Gasteiger partial charge is 0.0984 e.